The molecule has 90 valence electrons. The third-order valence-corrected chi connectivity index (χ3v) is 2.24. The van der Waals surface area contributed by atoms with Crippen LogP contribution in [0.3, 0.4) is 0 Å². The molecule has 0 amide bonds. The zero-order chi connectivity index (χ0) is 11.5. The fourth-order valence-electron chi connectivity index (χ4n) is 0.914. The molecule has 0 aliphatic heterocycles. The minimum absolute atomic E-state index is 0.584. The first-order valence-electron chi connectivity index (χ1n) is 5.62. The van der Waals surface area contributed by atoms with E-state index in [1.54, 1.807) is 5.01 Å². The van der Waals surface area contributed by atoms with Crippen molar-refractivity contribution < 1.29 is 4.74 Å². The summed E-state index contributed by atoms with van der Waals surface area (Å²) in [6.45, 7) is 7.36. The fraction of sp³-hybridized carbons (Fsp3) is 0.818. The Labute approximate surface area is 93.4 Å². The topological polar surface area (TPSA) is 50.5 Å². The predicted octanol–water partition coefficient (Wildman–Crippen LogP) is 0.958. The molecule has 15 heavy (non-hydrogen) atoms. The van der Waals surface area contributed by atoms with E-state index in [1.165, 1.54) is 0 Å². The van der Waals surface area contributed by atoms with Gasteiger partial charge in [0.1, 0.15) is 0 Å². The molecule has 1 atom stereocenters. The molecule has 1 unspecified atom stereocenters. The van der Waals surface area contributed by atoms with Crippen molar-refractivity contribution in [3.63, 3.8) is 0 Å². The molecule has 4 nitrogen and oxygen atoms in total. The monoisotopic (exact) mass is 215 g/mol. The van der Waals surface area contributed by atoms with Gasteiger partial charge < -0.3 is 15.1 Å². The second kappa shape index (κ2) is 9.96. The molecular weight excluding hydrogens is 190 g/mol. The van der Waals surface area contributed by atoms with E-state index < -0.39 is 0 Å². The highest BCUT2D eigenvalue weighted by atomic mass is 16.5. The van der Waals surface area contributed by atoms with E-state index in [-0.39, 0.29) is 0 Å². The number of hydrogen-bond acceptors (Lipinski definition) is 4. The third kappa shape index (κ3) is 9.72. The maximum Gasteiger partial charge on any atom is 0.0657 e. The number of likely N-dealkylation sites (N-methyl/N-ethyl adjacent to an activating group) is 1. The van der Waals surface area contributed by atoms with Gasteiger partial charge in [-0.05, 0) is 13.0 Å². The maximum atomic E-state index is 5.74. The van der Waals surface area contributed by atoms with Gasteiger partial charge in [-0.1, -0.05) is 26.3 Å². The number of ether oxygens (including phenoxy) is 1. The molecule has 0 aliphatic carbocycles. The summed E-state index contributed by atoms with van der Waals surface area (Å²) in [5.41, 5.74) is 0. The quantitative estimate of drug-likeness (QED) is 0.342. The number of hydrogen-bond donors (Lipinski definition) is 2. The van der Waals surface area contributed by atoms with Crippen LogP contribution < -0.4 is 11.2 Å². The second-order valence-corrected chi connectivity index (χ2v) is 3.68. The second-order valence-electron chi connectivity index (χ2n) is 3.68. The Morgan fingerprint density at radius 1 is 1.47 bits per heavy atom. The van der Waals surface area contributed by atoms with E-state index in [1.807, 2.05) is 13.2 Å². The summed E-state index contributed by atoms with van der Waals surface area (Å²) in [4.78, 5) is 0. The Bertz CT molecular complexity index is 162. The molecule has 0 heterocycles. The standard InChI is InChI=1S/C11H25N3O/c1-4-11(2)5-7-14(12)8-10-15-9-6-13-3/h5,7,11,13H,4,6,8-10,12H2,1-3H3/b7-5-. The number of nitrogens with one attached hydrogen (secondary N) is 1. The van der Waals surface area contributed by atoms with Crippen molar-refractivity contribution in [1.29, 1.82) is 0 Å². The van der Waals surface area contributed by atoms with Crippen molar-refractivity contribution in [3.8, 4) is 0 Å². The van der Waals surface area contributed by atoms with Gasteiger partial charge in [-0.25, -0.2) is 5.84 Å². The molecule has 0 spiro atoms. The van der Waals surface area contributed by atoms with Crippen molar-refractivity contribution in [3.05, 3.63) is 12.3 Å². The molecule has 0 aromatic rings. The van der Waals surface area contributed by atoms with Crippen LogP contribution in [0.4, 0.5) is 0 Å². The zero-order valence-electron chi connectivity index (χ0n) is 10.2. The van der Waals surface area contributed by atoms with Crippen molar-refractivity contribution in [2.75, 3.05) is 33.4 Å². The Hall–Kier alpha value is -0.580. The zero-order valence-corrected chi connectivity index (χ0v) is 10.2. The van der Waals surface area contributed by atoms with Gasteiger partial charge in [0.25, 0.3) is 0 Å². The Morgan fingerprint density at radius 3 is 2.80 bits per heavy atom. The average molecular weight is 215 g/mol. The van der Waals surface area contributed by atoms with Crippen molar-refractivity contribution >= 4 is 0 Å². The maximum absolute atomic E-state index is 5.74. The van der Waals surface area contributed by atoms with E-state index >= 15 is 0 Å². The molecule has 0 radical (unpaired) electrons. The third-order valence-electron chi connectivity index (χ3n) is 2.24. The van der Waals surface area contributed by atoms with Gasteiger partial charge in [-0.15, -0.1) is 0 Å². The van der Waals surface area contributed by atoms with Crippen LogP contribution in [0.5, 0.6) is 0 Å². The van der Waals surface area contributed by atoms with Gasteiger partial charge in [0, 0.05) is 12.7 Å². The number of hydrazine groups is 1. The first kappa shape index (κ1) is 14.4. The van der Waals surface area contributed by atoms with Gasteiger partial charge in [0.2, 0.25) is 0 Å². The first-order chi connectivity index (χ1) is 7.20. The highest BCUT2D eigenvalue weighted by Gasteiger charge is 1.94. The Morgan fingerprint density at radius 2 is 2.20 bits per heavy atom. The Kier molecular flexibility index (Phi) is 9.57. The molecule has 0 rings (SSSR count). The molecule has 0 aliphatic rings. The normalized spacial score (nSPS) is 13.3. The summed E-state index contributed by atoms with van der Waals surface area (Å²) in [7, 11) is 1.91. The van der Waals surface area contributed by atoms with E-state index in [0.29, 0.717) is 12.5 Å². The summed E-state index contributed by atoms with van der Waals surface area (Å²) in [5, 5.41) is 4.69. The SMILES string of the molecule is CCC(C)/C=C\N(N)CCOCCNC. The number of nitrogens with zero attached hydrogens (tertiary/aromatic N) is 1. The van der Waals surface area contributed by atoms with E-state index in [9.17, 15) is 0 Å². The van der Waals surface area contributed by atoms with Crippen LogP contribution in [0.2, 0.25) is 0 Å². The number of allylic oxidation sites excluding steroid dienone is 1. The molecule has 4 heteroatoms. The summed E-state index contributed by atoms with van der Waals surface area (Å²) < 4.78 is 5.36. The minimum Gasteiger partial charge on any atom is -0.378 e. The molecule has 0 aromatic heterocycles. The molecule has 0 saturated heterocycles. The van der Waals surface area contributed by atoms with Gasteiger partial charge >= 0.3 is 0 Å². The molecule has 0 fully saturated rings. The molecule has 3 N–H and O–H groups in total. The van der Waals surface area contributed by atoms with Gasteiger partial charge in [-0.2, -0.15) is 0 Å². The van der Waals surface area contributed by atoms with Crippen LogP contribution in [0.1, 0.15) is 20.3 Å². The lowest BCUT2D eigenvalue weighted by Gasteiger charge is -2.14. The number of nitrogens with two attached hydrogens (primary N) is 1. The largest absolute Gasteiger partial charge is 0.378 e. The lowest BCUT2D eigenvalue weighted by atomic mass is 10.1. The average Bonchev–Trinajstić information content (AvgIpc) is 2.25. The smallest absolute Gasteiger partial charge is 0.0657 e. The van der Waals surface area contributed by atoms with Gasteiger partial charge in [-0.3, -0.25) is 0 Å². The van der Waals surface area contributed by atoms with Crippen LogP contribution >= 0.6 is 0 Å². The lowest BCUT2D eigenvalue weighted by Crippen LogP contribution is -2.29. The Balaban J connectivity index is 3.40. The predicted molar refractivity (Wildman–Crippen MR) is 64.2 cm³/mol. The highest BCUT2D eigenvalue weighted by Crippen LogP contribution is 2.01. The lowest BCUT2D eigenvalue weighted by molar-refractivity contribution is 0.119. The van der Waals surface area contributed by atoms with E-state index in [2.05, 4.69) is 25.2 Å². The highest BCUT2D eigenvalue weighted by molar-refractivity contribution is 4.84. The van der Waals surface area contributed by atoms with Crippen molar-refractivity contribution in [2.45, 2.75) is 20.3 Å². The molecule has 0 bridgehead atoms. The first-order valence-corrected chi connectivity index (χ1v) is 5.62. The summed E-state index contributed by atoms with van der Waals surface area (Å²) >= 11 is 0. The van der Waals surface area contributed by atoms with Crippen LogP contribution in [0.15, 0.2) is 12.3 Å². The van der Waals surface area contributed by atoms with Crippen molar-refractivity contribution in [1.82, 2.24) is 10.3 Å². The van der Waals surface area contributed by atoms with Crippen molar-refractivity contribution in [2.24, 2.45) is 11.8 Å². The molecular formula is C11H25N3O. The number of rotatable bonds is 9. The summed E-state index contributed by atoms with van der Waals surface area (Å²) in [6.07, 6.45) is 5.19. The molecule has 0 saturated carbocycles. The molecule has 0 aromatic carbocycles. The van der Waals surface area contributed by atoms with Crippen LogP contribution in [-0.2, 0) is 4.74 Å². The van der Waals surface area contributed by atoms with E-state index in [0.717, 1.165) is 26.1 Å². The van der Waals surface area contributed by atoms with Crippen LogP contribution in [0, 0.1) is 5.92 Å². The van der Waals surface area contributed by atoms with E-state index in [4.69, 9.17) is 10.6 Å². The van der Waals surface area contributed by atoms with Crippen LogP contribution in [-0.4, -0.2) is 38.4 Å². The van der Waals surface area contributed by atoms with Gasteiger partial charge in [0.05, 0.1) is 19.8 Å². The summed E-state index contributed by atoms with van der Waals surface area (Å²) in [5.74, 6) is 6.33. The minimum atomic E-state index is 0.584. The fourth-order valence-corrected chi connectivity index (χ4v) is 0.914. The van der Waals surface area contributed by atoms with Crippen LogP contribution in [0.25, 0.3) is 0 Å². The van der Waals surface area contributed by atoms with Gasteiger partial charge in [0.15, 0.2) is 0 Å². The summed E-state index contributed by atoms with van der Waals surface area (Å²) in [6, 6.07) is 0.